The summed E-state index contributed by atoms with van der Waals surface area (Å²) >= 11 is 2.83. The number of hydrogen-bond donors (Lipinski definition) is 1. The van der Waals surface area contributed by atoms with Gasteiger partial charge in [-0.1, -0.05) is 0 Å². The molecule has 2 rings (SSSR count). The molecule has 0 bridgehead atoms. The smallest absolute Gasteiger partial charge is 0.505 e. The number of aliphatic hydroxyl groups excluding tert-OH is 1. The third-order valence-corrected chi connectivity index (χ3v) is 3.92. The van der Waals surface area contributed by atoms with Crippen LogP contribution in [0.3, 0.4) is 0 Å². The van der Waals surface area contributed by atoms with Crippen molar-refractivity contribution < 1.29 is 41.3 Å². The molecule has 12 heteroatoms. The number of ether oxygens (including phenoxy) is 2. The minimum Gasteiger partial charge on any atom is -0.505 e. The molecule has 1 N–H and O–H groups in total. The molecule has 0 heterocycles. The van der Waals surface area contributed by atoms with E-state index in [2.05, 4.69) is 30.9 Å². The van der Waals surface area contributed by atoms with Crippen LogP contribution < -0.4 is 4.74 Å². The summed E-state index contributed by atoms with van der Waals surface area (Å²) in [5.74, 6) is -5.30. The molecule has 2 aromatic carbocycles. The molecular weight excluding hydrogens is 483 g/mol. The fourth-order valence-electron chi connectivity index (χ4n) is 2.07. The standard InChI is InChI=1S/C18H12BrF5N2O4/c1-2-29-17(28)15(16(27)13-12(20)8-7-11(19)14(13)21)26-25-9-3-5-10(6-4-9)30-18(22,23)24/h3-8,27H,2H2,1H3/b16-15-,26-25?. The zero-order valence-electron chi connectivity index (χ0n) is 15.0. The van der Waals surface area contributed by atoms with Crippen LogP contribution in [0.15, 0.2) is 56.8 Å². The van der Waals surface area contributed by atoms with E-state index in [4.69, 9.17) is 4.74 Å². The molecule has 0 atom stereocenters. The lowest BCUT2D eigenvalue weighted by molar-refractivity contribution is -0.274. The third-order valence-electron chi connectivity index (χ3n) is 3.31. The van der Waals surface area contributed by atoms with Crippen LogP contribution >= 0.6 is 15.9 Å². The fraction of sp³-hybridized carbons (Fsp3) is 0.167. The summed E-state index contributed by atoms with van der Waals surface area (Å²) in [6, 6.07) is 5.91. The molecule has 0 saturated carbocycles. The van der Waals surface area contributed by atoms with Gasteiger partial charge in [0, 0.05) is 0 Å². The predicted molar refractivity (Wildman–Crippen MR) is 97.9 cm³/mol. The number of alkyl halides is 3. The van der Waals surface area contributed by atoms with Gasteiger partial charge < -0.3 is 14.6 Å². The lowest BCUT2D eigenvalue weighted by Gasteiger charge is -2.09. The van der Waals surface area contributed by atoms with Crippen LogP contribution in [0.4, 0.5) is 27.6 Å². The number of hydrogen-bond acceptors (Lipinski definition) is 6. The van der Waals surface area contributed by atoms with Gasteiger partial charge in [0.15, 0.2) is 11.6 Å². The van der Waals surface area contributed by atoms with Gasteiger partial charge in [-0.25, -0.2) is 13.6 Å². The van der Waals surface area contributed by atoms with Crippen molar-refractivity contribution in [2.75, 3.05) is 6.61 Å². The number of benzene rings is 2. The first kappa shape index (κ1) is 23.3. The van der Waals surface area contributed by atoms with Crippen molar-refractivity contribution in [1.29, 1.82) is 0 Å². The second-order valence-corrected chi connectivity index (χ2v) is 6.23. The van der Waals surface area contributed by atoms with E-state index in [1.165, 1.54) is 6.92 Å². The van der Waals surface area contributed by atoms with E-state index in [1.54, 1.807) is 0 Å². The predicted octanol–water partition coefficient (Wildman–Crippen LogP) is 6.20. The Bertz CT molecular complexity index is 991. The Morgan fingerprint density at radius 3 is 2.33 bits per heavy atom. The lowest BCUT2D eigenvalue weighted by Crippen LogP contribution is -2.16. The van der Waals surface area contributed by atoms with Gasteiger partial charge in [0.2, 0.25) is 5.70 Å². The minimum atomic E-state index is -4.88. The topological polar surface area (TPSA) is 80.5 Å². The zero-order chi connectivity index (χ0) is 22.5. The molecule has 0 aliphatic heterocycles. The van der Waals surface area contributed by atoms with E-state index in [0.29, 0.717) is 0 Å². The van der Waals surface area contributed by atoms with Crippen molar-refractivity contribution in [3.05, 3.63) is 63.8 Å². The first-order chi connectivity index (χ1) is 14.0. The highest BCUT2D eigenvalue weighted by Crippen LogP contribution is 2.30. The average Bonchev–Trinajstić information content (AvgIpc) is 2.65. The van der Waals surface area contributed by atoms with Gasteiger partial charge in [-0.2, -0.15) is 5.11 Å². The number of rotatable bonds is 6. The fourth-order valence-corrected chi connectivity index (χ4v) is 2.40. The zero-order valence-corrected chi connectivity index (χ0v) is 16.6. The van der Waals surface area contributed by atoms with Gasteiger partial charge in [-0.05, 0) is 59.3 Å². The Labute approximate surface area is 174 Å². The first-order valence-corrected chi connectivity index (χ1v) is 8.84. The van der Waals surface area contributed by atoms with Crippen molar-refractivity contribution >= 4 is 33.3 Å². The summed E-state index contributed by atoms with van der Waals surface area (Å²) < 4.78 is 73.1. The Balaban J connectivity index is 2.45. The molecule has 160 valence electrons. The normalized spacial score (nSPS) is 12.6. The molecule has 0 spiro atoms. The van der Waals surface area contributed by atoms with Gasteiger partial charge >= 0.3 is 12.3 Å². The van der Waals surface area contributed by atoms with Crippen molar-refractivity contribution in [2.24, 2.45) is 10.2 Å². The van der Waals surface area contributed by atoms with Gasteiger partial charge in [0.25, 0.3) is 0 Å². The van der Waals surface area contributed by atoms with Crippen LogP contribution in [-0.2, 0) is 9.53 Å². The maximum atomic E-state index is 14.3. The van der Waals surface area contributed by atoms with Crippen LogP contribution in [0.25, 0.3) is 5.76 Å². The van der Waals surface area contributed by atoms with Crippen LogP contribution in [-0.4, -0.2) is 24.0 Å². The van der Waals surface area contributed by atoms with Crippen molar-refractivity contribution in [3.63, 3.8) is 0 Å². The van der Waals surface area contributed by atoms with Crippen molar-refractivity contribution in [1.82, 2.24) is 0 Å². The molecule has 0 radical (unpaired) electrons. The SMILES string of the molecule is CCOC(=O)/C(N=Nc1ccc(OC(F)(F)F)cc1)=C(/O)c1c(F)ccc(Br)c1F. The molecule has 2 aromatic rings. The molecule has 0 fully saturated rings. The molecule has 0 amide bonds. The van der Waals surface area contributed by atoms with Crippen molar-refractivity contribution in [3.8, 4) is 5.75 Å². The number of halogens is 6. The number of aliphatic hydroxyl groups is 1. The Hall–Kier alpha value is -3.02. The Morgan fingerprint density at radius 2 is 1.77 bits per heavy atom. The van der Waals surface area contributed by atoms with Crippen molar-refractivity contribution in [2.45, 2.75) is 13.3 Å². The molecule has 0 saturated heterocycles. The largest absolute Gasteiger partial charge is 0.573 e. The van der Waals surface area contributed by atoms with E-state index >= 15 is 0 Å². The minimum absolute atomic E-state index is 0.0469. The van der Waals surface area contributed by atoms with Gasteiger partial charge in [0.05, 0.1) is 22.3 Å². The van der Waals surface area contributed by atoms with E-state index in [0.717, 1.165) is 36.4 Å². The first-order valence-electron chi connectivity index (χ1n) is 8.05. The van der Waals surface area contributed by atoms with E-state index in [9.17, 15) is 31.9 Å². The van der Waals surface area contributed by atoms with E-state index < -0.39 is 46.7 Å². The quantitative estimate of drug-likeness (QED) is 0.129. The monoisotopic (exact) mass is 494 g/mol. The number of esters is 1. The molecule has 6 nitrogen and oxygen atoms in total. The summed E-state index contributed by atoms with van der Waals surface area (Å²) in [6.07, 6.45) is -4.88. The van der Waals surface area contributed by atoms with Crippen LogP contribution in [0.1, 0.15) is 12.5 Å². The van der Waals surface area contributed by atoms with Gasteiger partial charge in [0.1, 0.15) is 11.6 Å². The molecule has 0 aromatic heterocycles. The third kappa shape index (κ3) is 5.99. The summed E-state index contributed by atoms with van der Waals surface area (Å²) in [6.45, 7) is 1.31. The van der Waals surface area contributed by atoms with E-state index in [-0.39, 0.29) is 16.8 Å². The number of carbonyl (C=O) groups excluding carboxylic acids is 1. The Morgan fingerprint density at radius 1 is 1.13 bits per heavy atom. The van der Waals surface area contributed by atoms with Crippen LogP contribution in [0.5, 0.6) is 5.75 Å². The molecular formula is C18H12BrF5N2O4. The lowest BCUT2D eigenvalue weighted by atomic mass is 10.1. The van der Waals surface area contributed by atoms with E-state index in [1.807, 2.05) is 0 Å². The highest BCUT2D eigenvalue weighted by molar-refractivity contribution is 9.10. The van der Waals surface area contributed by atoms with Crippen LogP contribution in [0.2, 0.25) is 0 Å². The van der Waals surface area contributed by atoms with Crippen LogP contribution in [0, 0.1) is 11.6 Å². The molecule has 0 unspecified atom stereocenters. The average molecular weight is 495 g/mol. The summed E-state index contributed by atoms with van der Waals surface area (Å²) in [4.78, 5) is 12.1. The second kappa shape index (κ2) is 9.65. The number of azo groups is 1. The highest BCUT2D eigenvalue weighted by atomic mass is 79.9. The summed E-state index contributed by atoms with van der Waals surface area (Å²) in [5, 5.41) is 17.4. The summed E-state index contributed by atoms with van der Waals surface area (Å²) in [5.41, 5.74) is -1.90. The highest BCUT2D eigenvalue weighted by Gasteiger charge is 2.31. The maximum Gasteiger partial charge on any atom is 0.573 e. The number of carbonyl (C=O) groups is 1. The Kier molecular flexibility index (Phi) is 7.48. The van der Waals surface area contributed by atoms with Gasteiger partial charge in [-0.3, -0.25) is 0 Å². The molecule has 0 aliphatic carbocycles. The molecule has 30 heavy (non-hydrogen) atoms. The van der Waals surface area contributed by atoms with Gasteiger partial charge in [-0.15, -0.1) is 18.3 Å². The number of nitrogens with zero attached hydrogens (tertiary/aromatic N) is 2. The molecule has 0 aliphatic rings. The maximum absolute atomic E-state index is 14.3. The second-order valence-electron chi connectivity index (χ2n) is 5.38. The summed E-state index contributed by atoms with van der Waals surface area (Å²) in [7, 11) is 0.